The van der Waals surface area contributed by atoms with Gasteiger partial charge in [-0.2, -0.15) is 0 Å². The molecular formula is C18H28N4O5S. The van der Waals surface area contributed by atoms with E-state index in [1.807, 2.05) is 25.7 Å². The van der Waals surface area contributed by atoms with Gasteiger partial charge in [0.1, 0.15) is 0 Å². The van der Waals surface area contributed by atoms with Crippen LogP contribution in [0.1, 0.15) is 31.1 Å². The SMILES string of the molecule is CC(C)(C)NC(=O)CN1CCN(c2ccc(NS(C)(=O)=O)c(C(=O)O)c2)CC1. The number of piperazine rings is 1. The van der Waals surface area contributed by atoms with Crippen LogP contribution in [0.4, 0.5) is 11.4 Å². The quantitative estimate of drug-likeness (QED) is 0.632. The molecule has 1 aromatic carbocycles. The summed E-state index contributed by atoms with van der Waals surface area (Å²) in [6.07, 6.45) is 0.974. The molecule has 10 heteroatoms. The molecular weight excluding hydrogens is 384 g/mol. The van der Waals surface area contributed by atoms with Gasteiger partial charge < -0.3 is 15.3 Å². The van der Waals surface area contributed by atoms with Gasteiger partial charge in [0, 0.05) is 37.4 Å². The van der Waals surface area contributed by atoms with E-state index < -0.39 is 16.0 Å². The molecule has 0 spiro atoms. The summed E-state index contributed by atoms with van der Waals surface area (Å²) in [6.45, 7) is 8.75. The second kappa shape index (κ2) is 8.36. The van der Waals surface area contributed by atoms with Gasteiger partial charge in [0.15, 0.2) is 0 Å². The van der Waals surface area contributed by atoms with E-state index in [0.717, 1.165) is 6.26 Å². The number of hydrogen-bond donors (Lipinski definition) is 3. The number of amides is 1. The predicted molar refractivity (Wildman–Crippen MR) is 108 cm³/mol. The third-order valence-electron chi connectivity index (χ3n) is 4.15. The monoisotopic (exact) mass is 412 g/mol. The maximum absolute atomic E-state index is 12.1. The summed E-state index contributed by atoms with van der Waals surface area (Å²) in [5, 5.41) is 12.4. The standard InChI is InChI=1S/C18H28N4O5S/c1-18(2,3)19-16(23)12-21-7-9-22(10-8-21)13-5-6-15(20-28(4,26)27)14(11-13)17(24)25/h5-6,11,20H,7-10,12H2,1-4H3,(H,19,23)(H,24,25). The van der Waals surface area contributed by atoms with Gasteiger partial charge in [-0.15, -0.1) is 0 Å². The van der Waals surface area contributed by atoms with Gasteiger partial charge in [-0.05, 0) is 39.0 Å². The molecule has 1 aromatic rings. The number of carbonyl (C=O) groups is 2. The summed E-state index contributed by atoms with van der Waals surface area (Å²) >= 11 is 0. The molecule has 156 valence electrons. The average molecular weight is 413 g/mol. The van der Waals surface area contributed by atoms with Crippen molar-refractivity contribution in [1.29, 1.82) is 0 Å². The summed E-state index contributed by atoms with van der Waals surface area (Å²) in [6, 6.07) is 4.63. The highest BCUT2D eigenvalue weighted by molar-refractivity contribution is 7.92. The molecule has 0 aliphatic carbocycles. The van der Waals surface area contributed by atoms with Crippen molar-refractivity contribution in [2.24, 2.45) is 0 Å². The molecule has 0 atom stereocenters. The Balaban J connectivity index is 2.03. The molecule has 0 bridgehead atoms. The Morgan fingerprint density at radius 2 is 1.75 bits per heavy atom. The molecule has 0 unspecified atom stereocenters. The number of aromatic carboxylic acids is 1. The third-order valence-corrected chi connectivity index (χ3v) is 4.74. The molecule has 0 aromatic heterocycles. The normalized spacial score (nSPS) is 15.9. The second-order valence-electron chi connectivity index (χ2n) is 7.97. The van der Waals surface area contributed by atoms with Gasteiger partial charge in [0.05, 0.1) is 24.1 Å². The Morgan fingerprint density at radius 1 is 1.14 bits per heavy atom. The van der Waals surface area contributed by atoms with Gasteiger partial charge >= 0.3 is 5.97 Å². The van der Waals surface area contributed by atoms with Gasteiger partial charge in [-0.25, -0.2) is 13.2 Å². The van der Waals surface area contributed by atoms with Crippen LogP contribution >= 0.6 is 0 Å². The molecule has 28 heavy (non-hydrogen) atoms. The van der Waals surface area contributed by atoms with E-state index in [9.17, 15) is 23.1 Å². The zero-order valence-electron chi connectivity index (χ0n) is 16.7. The minimum Gasteiger partial charge on any atom is -0.478 e. The fourth-order valence-electron chi connectivity index (χ4n) is 3.02. The van der Waals surface area contributed by atoms with E-state index in [2.05, 4.69) is 14.9 Å². The number of carboxylic acids is 1. The minimum absolute atomic E-state index is 0.0229. The molecule has 0 radical (unpaired) electrons. The number of nitrogens with one attached hydrogen (secondary N) is 2. The number of sulfonamides is 1. The highest BCUT2D eigenvalue weighted by atomic mass is 32.2. The van der Waals surface area contributed by atoms with Crippen LogP contribution in [0.25, 0.3) is 0 Å². The smallest absolute Gasteiger partial charge is 0.337 e. The number of carbonyl (C=O) groups excluding carboxylic acids is 1. The fraction of sp³-hybridized carbons (Fsp3) is 0.556. The summed E-state index contributed by atoms with van der Waals surface area (Å²) < 4.78 is 25.1. The van der Waals surface area contributed by atoms with Gasteiger partial charge in [0.2, 0.25) is 15.9 Å². The zero-order valence-corrected chi connectivity index (χ0v) is 17.5. The first-order valence-electron chi connectivity index (χ1n) is 8.97. The van der Waals surface area contributed by atoms with Crippen LogP contribution in [0.3, 0.4) is 0 Å². The molecule has 1 aliphatic rings. The first kappa shape index (κ1) is 22.0. The van der Waals surface area contributed by atoms with Crippen molar-refractivity contribution < 1.29 is 23.1 Å². The maximum atomic E-state index is 12.1. The maximum Gasteiger partial charge on any atom is 0.337 e. The first-order valence-corrected chi connectivity index (χ1v) is 10.9. The van der Waals surface area contributed by atoms with Crippen LogP contribution in [0.15, 0.2) is 18.2 Å². The van der Waals surface area contributed by atoms with Crippen molar-refractivity contribution >= 4 is 33.3 Å². The number of hydrogen-bond acceptors (Lipinski definition) is 6. The Kier molecular flexibility index (Phi) is 6.56. The minimum atomic E-state index is -3.57. The summed E-state index contributed by atoms with van der Waals surface area (Å²) in [5.41, 5.74) is 0.370. The topological polar surface area (TPSA) is 119 Å². The van der Waals surface area contributed by atoms with Crippen molar-refractivity contribution in [2.75, 3.05) is 48.6 Å². The van der Waals surface area contributed by atoms with Crippen molar-refractivity contribution in [3.05, 3.63) is 23.8 Å². The lowest BCUT2D eigenvalue weighted by Crippen LogP contribution is -2.51. The van der Waals surface area contributed by atoms with E-state index in [-0.39, 0.29) is 22.7 Å². The molecule has 1 fully saturated rings. The summed E-state index contributed by atoms with van der Waals surface area (Å²) in [7, 11) is -3.57. The molecule has 9 nitrogen and oxygen atoms in total. The first-order chi connectivity index (χ1) is 12.8. The average Bonchev–Trinajstić information content (AvgIpc) is 2.52. The van der Waals surface area contributed by atoms with E-state index in [1.165, 1.54) is 12.1 Å². The lowest BCUT2D eigenvalue weighted by molar-refractivity contribution is -0.123. The van der Waals surface area contributed by atoms with Crippen LogP contribution in [-0.2, 0) is 14.8 Å². The number of anilines is 2. The molecule has 1 aliphatic heterocycles. The number of benzene rings is 1. The fourth-order valence-corrected chi connectivity index (χ4v) is 3.60. The number of nitrogens with zero attached hydrogens (tertiary/aromatic N) is 2. The van der Waals surface area contributed by atoms with Gasteiger partial charge in [-0.1, -0.05) is 0 Å². The third kappa shape index (κ3) is 6.68. The van der Waals surface area contributed by atoms with Crippen molar-refractivity contribution in [3.63, 3.8) is 0 Å². The van der Waals surface area contributed by atoms with E-state index in [0.29, 0.717) is 38.4 Å². The highest BCUT2D eigenvalue weighted by Crippen LogP contribution is 2.25. The van der Waals surface area contributed by atoms with Crippen LogP contribution in [0, 0.1) is 0 Å². The molecule has 1 saturated heterocycles. The van der Waals surface area contributed by atoms with Crippen LogP contribution in [0.5, 0.6) is 0 Å². The Labute approximate surface area is 165 Å². The summed E-state index contributed by atoms with van der Waals surface area (Å²) in [4.78, 5) is 27.7. The lowest BCUT2D eigenvalue weighted by atomic mass is 10.1. The van der Waals surface area contributed by atoms with Gasteiger partial charge in [-0.3, -0.25) is 14.4 Å². The predicted octanol–water partition coefficient (Wildman–Crippen LogP) is 0.793. The summed E-state index contributed by atoms with van der Waals surface area (Å²) in [5.74, 6) is -1.23. The van der Waals surface area contributed by atoms with E-state index in [4.69, 9.17) is 0 Å². The molecule has 2 rings (SSSR count). The number of rotatable bonds is 6. The zero-order chi connectivity index (χ0) is 21.1. The second-order valence-corrected chi connectivity index (χ2v) is 9.72. The van der Waals surface area contributed by atoms with Crippen molar-refractivity contribution in [2.45, 2.75) is 26.3 Å². The van der Waals surface area contributed by atoms with E-state index in [1.54, 1.807) is 6.07 Å². The number of carboxylic acid groups (broad SMARTS) is 1. The largest absolute Gasteiger partial charge is 0.478 e. The van der Waals surface area contributed by atoms with Crippen LogP contribution in [-0.4, -0.2) is 74.8 Å². The van der Waals surface area contributed by atoms with Crippen molar-refractivity contribution in [1.82, 2.24) is 10.2 Å². The lowest BCUT2D eigenvalue weighted by Gasteiger charge is -2.36. The Bertz CT molecular complexity index is 840. The Morgan fingerprint density at radius 3 is 2.25 bits per heavy atom. The molecule has 0 saturated carbocycles. The van der Waals surface area contributed by atoms with E-state index >= 15 is 0 Å². The van der Waals surface area contributed by atoms with Crippen LogP contribution in [0.2, 0.25) is 0 Å². The Hall–Kier alpha value is -2.33. The molecule has 1 heterocycles. The van der Waals surface area contributed by atoms with Gasteiger partial charge in [0.25, 0.3) is 0 Å². The molecule has 3 N–H and O–H groups in total. The molecule has 1 amide bonds. The van der Waals surface area contributed by atoms with Crippen molar-refractivity contribution in [3.8, 4) is 0 Å². The highest BCUT2D eigenvalue weighted by Gasteiger charge is 2.23. The van der Waals surface area contributed by atoms with Crippen LogP contribution < -0.4 is 14.9 Å².